The maximum absolute atomic E-state index is 13.4. The summed E-state index contributed by atoms with van der Waals surface area (Å²) in [7, 11) is 1.36. The Balaban J connectivity index is 2.09. The van der Waals surface area contributed by atoms with E-state index in [2.05, 4.69) is 5.32 Å². The minimum Gasteiger partial charge on any atom is -0.497 e. The summed E-state index contributed by atoms with van der Waals surface area (Å²) in [5.41, 5.74) is 0.627. The standard InChI is InChI=1S/C18H17ClF3NO2/c1-25-14-7-4-6-13(11-14)17(18(20,21)22)23-16(24)10-9-12-5-2-3-8-15(12)19/h2-8,11,17H,9-10H2,1H3,(H,23,24)/t17-/m1/s1. The molecule has 0 aliphatic rings. The summed E-state index contributed by atoms with van der Waals surface area (Å²) in [5, 5.41) is 2.53. The van der Waals surface area contributed by atoms with Crippen molar-refractivity contribution in [3.63, 3.8) is 0 Å². The van der Waals surface area contributed by atoms with Crippen LogP contribution in [0.25, 0.3) is 0 Å². The lowest BCUT2D eigenvalue weighted by atomic mass is 10.0. The van der Waals surface area contributed by atoms with Crippen LogP contribution in [0, 0.1) is 0 Å². The number of carbonyl (C=O) groups excluding carboxylic acids is 1. The van der Waals surface area contributed by atoms with E-state index in [-0.39, 0.29) is 24.2 Å². The summed E-state index contributed by atoms with van der Waals surface area (Å²) < 4.78 is 45.0. The maximum atomic E-state index is 13.4. The van der Waals surface area contributed by atoms with E-state index >= 15 is 0 Å². The number of amides is 1. The van der Waals surface area contributed by atoms with E-state index < -0.39 is 18.1 Å². The minimum absolute atomic E-state index is 0.0852. The normalized spacial score (nSPS) is 12.5. The molecule has 1 amide bonds. The Morgan fingerprint density at radius 1 is 1.20 bits per heavy atom. The van der Waals surface area contributed by atoms with Gasteiger partial charge in [0.05, 0.1) is 7.11 Å². The second kappa shape index (κ2) is 8.25. The van der Waals surface area contributed by atoms with Crippen molar-refractivity contribution in [3.05, 3.63) is 64.7 Å². The highest BCUT2D eigenvalue weighted by Crippen LogP contribution is 2.34. The van der Waals surface area contributed by atoms with E-state index in [0.29, 0.717) is 10.6 Å². The molecule has 0 bridgehead atoms. The number of ether oxygens (including phenoxy) is 1. The minimum atomic E-state index is -4.62. The highest BCUT2D eigenvalue weighted by atomic mass is 35.5. The van der Waals surface area contributed by atoms with E-state index in [1.807, 2.05) is 0 Å². The summed E-state index contributed by atoms with van der Waals surface area (Å²) in [4.78, 5) is 12.0. The number of aryl methyl sites for hydroxylation is 1. The first-order valence-corrected chi connectivity index (χ1v) is 7.92. The fourth-order valence-electron chi connectivity index (χ4n) is 2.36. The molecule has 0 aliphatic heterocycles. The number of halogens is 4. The van der Waals surface area contributed by atoms with Gasteiger partial charge in [0.15, 0.2) is 6.04 Å². The summed E-state index contributed by atoms with van der Waals surface area (Å²) in [6.07, 6.45) is -4.46. The van der Waals surface area contributed by atoms with E-state index in [1.54, 1.807) is 24.3 Å². The van der Waals surface area contributed by atoms with Crippen LogP contribution in [0.2, 0.25) is 5.02 Å². The van der Waals surface area contributed by atoms with Gasteiger partial charge in [0.1, 0.15) is 5.75 Å². The molecule has 0 saturated heterocycles. The zero-order valence-electron chi connectivity index (χ0n) is 13.4. The van der Waals surface area contributed by atoms with Crippen LogP contribution in [0.1, 0.15) is 23.6 Å². The molecular formula is C18H17ClF3NO2. The molecule has 0 aliphatic carbocycles. The molecule has 3 nitrogen and oxygen atoms in total. The van der Waals surface area contributed by atoms with E-state index in [0.717, 1.165) is 0 Å². The van der Waals surface area contributed by atoms with Crippen LogP contribution < -0.4 is 10.1 Å². The Bertz CT molecular complexity index is 734. The fourth-order valence-corrected chi connectivity index (χ4v) is 2.59. The van der Waals surface area contributed by atoms with Gasteiger partial charge in [0, 0.05) is 11.4 Å². The first-order chi connectivity index (χ1) is 11.8. The van der Waals surface area contributed by atoms with Gasteiger partial charge in [-0.1, -0.05) is 41.9 Å². The first-order valence-electron chi connectivity index (χ1n) is 7.54. The Labute approximate surface area is 148 Å². The highest BCUT2D eigenvalue weighted by Gasteiger charge is 2.41. The molecule has 2 aromatic rings. The zero-order valence-corrected chi connectivity index (χ0v) is 14.2. The van der Waals surface area contributed by atoms with E-state index in [4.69, 9.17) is 16.3 Å². The molecule has 0 fully saturated rings. The molecule has 0 heterocycles. The van der Waals surface area contributed by atoms with Crippen LogP contribution in [0.15, 0.2) is 48.5 Å². The molecule has 0 saturated carbocycles. The zero-order chi connectivity index (χ0) is 18.4. The topological polar surface area (TPSA) is 38.3 Å². The highest BCUT2D eigenvalue weighted by molar-refractivity contribution is 6.31. The third-order valence-electron chi connectivity index (χ3n) is 3.64. The van der Waals surface area contributed by atoms with Crippen molar-refractivity contribution in [1.29, 1.82) is 0 Å². The molecule has 0 spiro atoms. The molecule has 25 heavy (non-hydrogen) atoms. The quantitative estimate of drug-likeness (QED) is 0.799. The average Bonchev–Trinajstić information content (AvgIpc) is 2.58. The smallest absolute Gasteiger partial charge is 0.412 e. The number of rotatable bonds is 6. The predicted octanol–water partition coefficient (Wildman–Crippen LogP) is 4.70. The van der Waals surface area contributed by atoms with Crippen molar-refractivity contribution in [2.45, 2.75) is 25.1 Å². The van der Waals surface area contributed by atoms with Gasteiger partial charge in [0.25, 0.3) is 0 Å². The number of hydrogen-bond acceptors (Lipinski definition) is 2. The van der Waals surface area contributed by atoms with Crippen LogP contribution in [-0.2, 0) is 11.2 Å². The first kappa shape index (κ1) is 19.1. The molecule has 134 valence electrons. The number of benzene rings is 2. The fraction of sp³-hybridized carbons (Fsp3) is 0.278. The lowest BCUT2D eigenvalue weighted by Crippen LogP contribution is -2.38. The van der Waals surface area contributed by atoms with Crippen molar-refractivity contribution in [2.24, 2.45) is 0 Å². The van der Waals surface area contributed by atoms with Crippen LogP contribution >= 0.6 is 11.6 Å². The van der Waals surface area contributed by atoms with Crippen LogP contribution in [0.5, 0.6) is 5.75 Å². The van der Waals surface area contributed by atoms with E-state index in [1.165, 1.54) is 31.4 Å². The second-order valence-electron chi connectivity index (χ2n) is 5.41. The van der Waals surface area contributed by atoms with Crippen molar-refractivity contribution in [2.75, 3.05) is 7.11 Å². The van der Waals surface area contributed by atoms with Crippen LogP contribution in [0.3, 0.4) is 0 Å². The second-order valence-corrected chi connectivity index (χ2v) is 5.82. The van der Waals surface area contributed by atoms with Gasteiger partial charge in [-0.25, -0.2) is 0 Å². The third-order valence-corrected chi connectivity index (χ3v) is 4.01. The number of alkyl halides is 3. The number of methoxy groups -OCH3 is 1. The molecular weight excluding hydrogens is 355 g/mol. The summed E-state index contributed by atoms with van der Waals surface area (Å²) in [6.45, 7) is 0. The Morgan fingerprint density at radius 2 is 1.92 bits per heavy atom. The maximum Gasteiger partial charge on any atom is 0.412 e. The van der Waals surface area contributed by atoms with E-state index in [9.17, 15) is 18.0 Å². The number of hydrogen-bond donors (Lipinski definition) is 1. The lowest BCUT2D eigenvalue weighted by Gasteiger charge is -2.22. The van der Waals surface area contributed by atoms with Gasteiger partial charge < -0.3 is 10.1 Å². The molecule has 2 aromatic carbocycles. The molecule has 0 aromatic heterocycles. The monoisotopic (exact) mass is 371 g/mol. The molecule has 1 atom stereocenters. The van der Waals surface area contributed by atoms with Gasteiger partial charge in [-0.15, -0.1) is 0 Å². The molecule has 1 N–H and O–H groups in total. The Kier molecular flexibility index (Phi) is 6.31. The van der Waals surface area contributed by atoms with Crippen LogP contribution in [0.4, 0.5) is 13.2 Å². The van der Waals surface area contributed by atoms with Gasteiger partial charge >= 0.3 is 6.18 Å². The van der Waals surface area contributed by atoms with Gasteiger partial charge in [-0.2, -0.15) is 13.2 Å². The predicted molar refractivity (Wildman–Crippen MR) is 89.7 cm³/mol. The summed E-state index contributed by atoms with van der Waals surface area (Å²) in [5.74, 6) is -0.415. The van der Waals surface area contributed by atoms with Gasteiger partial charge in [-0.05, 0) is 35.7 Å². The largest absolute Gasteiger partial charge is 0.497 e. The summed E-state index contributed by atoms with van der Waals surface area (Å²) in [6, 6.07) is 10.4. The summed E-state index contributed by atoms with van der Waals surface area (Å²) >= 11 is 5.99. The SMILES string of the molecule is COc1cccc([C@@H](NC(=O)CCc2ccccc2Cl)C(F)(F)F)c1. The van der Waals surface area contributed by atoms with Crippen molar-refractivity contribution < 1.29 is 22.7 Å². The van der Waals surface area contributed by atoms with Crippen molar-refractivity contribution >= 4 is 17.5 Å². The molecule has 0 radical (unpaired) electrons. The molecule has 7 heteroatoms. The Morgan fingerprint density at radius 3 is 2.56 bits per heavy atom. The number of nitrogens with one attached hydrogen (secondary N) is 1. The lowest BCUT2D eigenvalue weighted by molar-refractivity contribution is -0.163. The third kappa shape index (κ3) is 5.39. The molecule has 0 unspecified atom stereocenters. The average molecular weight is 372 g/mol. The van der Waals surface area contributed by atoms with Gasteiger partial charge in [0.2, 0.25) is 5.91 Å². The molecule has 2 rings (SSSR count). The number of carbonyl (C=O) groups is 1. The van der Waals surface area contributed by atoms with Crippen LogP contribution in [-0.4, -0.2) is 19.2 Å². The van der Waals surface area contributed by atoms with Gasteiger partial charge in [-0.3, -0.25) is 4.79 Å². The van der Waals surface area contributed by atoms with Crippen molar-refractivity contribution in [1.82, 2.24) is 5.32 Å². The Hall–Kier alpha value is -2.21. The van der Waals surface area contributed by atoms with Crippen molar-refractivity contribution in [3.8, 4) is 5.75 Å².